The molecule has 0 radical (unpaired) electrons. The molecule has 0 aliphatic carbocycles. The number of nitrogens with one attached hydrogen (secondary N) is 1. The van der Waals surface area contributed by atoms with Gasteiger partial charge in [0, 0.05) is 33.4 Å². The lowest BCUT2D eigenvalue weighted by Gasteiger charge is -2.16. The number of carbonyl (C=O) groups excluding carboxylic acids is 1. The van der Waals surface area contributed by atoms with Gasteiger partial charge in [0.05, 0.1) is 18.4 Å². The van der Waals surface area contributed by atoms with Crippen LogP contribution in [0.4, 0.5) is 11.6 Å². The highest BCUT2D eigenvalue weighted by molar-refractivity contribution is 6.06. The lowest BCUT2D eigenvalue weighted by atomic mass is 10.2. The van der Waals surface area contributed by atoms with Crippen LogP contribution in [-0.4, -0.2) is 108 Å². The van der Waals surface area contributed by atoms with E-state index in [0.29, 0.717) is 31.7 Å². The van der Waals surface area contributed by atoms with Crippen molar-refractivity contribution in [1.29, 1.82) is 0 Å². The number of nitrogens with two attached hydrogens (primary N) is 3. The van der Waals surface area contributed by atoms with Crippen LogP contribution < -0.4 is 22.5 Å². The van der Waals surface area contributed by atoms with E-state index in [9.17, 15) is 9.90 Å². The first-order valence-corrected chi connectivity index (χ1v) is 12.1. The Kier molecular flexibility index (Phi) is 17.3. The molecule has 14 nitrogen and oxygen atoms in total. The Morgan fingerprint density at radius 1 is 1.19 bits per heavy atom. The number of rotatable bonds is 15. The Labute approximate surface area is 219 Å². The molecule has 0 aromatic carbocycles. The van der Waals surface area contributed by atoms with Gasteiger partial charge in [0.15, 0.2) is 23.3 Å². The summed E-state index contributed by atoms with van der Waals surface area (Å²) in [4.78, 5) is 26.4. The molecule has 0 bridgehead atoms. The van der Waals surface area contributed by atoms with Crippen LogP contribution in [0.15, 0.2) is 4.99 Å². The molecular weight excluding hydrogens is 484 g/mol. The lowest BCUT2D eigenvalue weighted by molar-refractivity contribution is -0.155. The van der Waals surface area contributed by atoms with E-state index < -0.39 is 17.8 Å². The molecule has 214 valence electrons. The van der Waals surface area contributed by atoms with Crippen LogP contribution in [0.5, 0.6) is 0 Å². The van der Waals surface area contributed by atoms with E-state index in [1.807, 2.05) is 7.05 Å². The van der Waals surface area contributed by atoms with Gasteiger partial charge in [0.1, 0.15) is 5.82 Å². The molecule has 37 heavy (non-hydrogen) atoms. The number of nitrogen functional groups attached to an aromatic ring is 2. The van der Waals surface area contributed by atoms with E-state index >= 15 is 0 Å². The van der Waals surface area contributed by atoms with Crippen molar-refractivity contribution in [3.05, 3.63) is 11.4 Å². The summed E-state index contributed by atoms with van der Waals surface area (Å²) in [6.45, 7) is 7.81. The number of aryl methyl sites for hydroxylation is 1. The fourth-order valence-corrected chi connectivity index (χ4v) is 2.65. The van der Waals surface area contributed by atoms with Crippen molar-refractivity contribution >= 4 is 23.5 Å². The SMILES string of the molecule is COC(C)(C)O.Cc1nc(C(=O)NC(N)=NCCCN(C)CCCOCC(O)CCCO)c(N)nc1N. The molecule has 0 saturated heterocycles. The van der Waals surface area contributed by atoms with E-state index in [4.69, 9.17) is 32.2 Å². The summed E-state index contributed by atoms with van der Waals surface area (Å²) in [5.74, 6) is -1.47. The van der Waals surface area contributed by atoms with Crippen molar-refractivity contribution in [3.63, 3.8) is 0 Å². The van der Waals surface area contributed by atoms with Gasteiger partial charge in [-0.15, -0.1) is 0 Å². The molecule has 0 aliphatic rings. The number of hydrogen-bond donors (Lipinski definition) is 7. The summed E-state index contributed by atoms with van der Waals surface area (Å²) in [5, 5.41) is 29.4. The van der Waals surface area contributed by atoms with Gasteiger partial charge in [-0.25, -0.2) is 9.97 Å². The highest BCUT2D eigenvalue weighted by atomic mass is 16.6. The molecule has 10 N–H and O–H groups in total. The minimum Gasteiger partial charge on any atom is -0.396 e. The molecule has 1 rings (SSSR count). The summed E-state index contributed by atoms with van der Waals surface area (Å²) in [7, 11) is 3.45. The number of aliphatic hydroxyl groups excluding tert-OH is 2. The predicted molar refractivity (Wildman–Crippen MR) is 143 cm³/mol. The molecular formula is C23H46N8O6. The van der Waals surface area contributed by atoms with Crippen molar-refractivity contribution in [3.8, 4) is 0 Å². The fourth-order valence-electron chi connectivity index (χ4n) is 2.65. The smallest absolute Gasteiger partial charge is 0.280 e. The number of guanidine groups is 1. The second-order valence-electron chi connectivity index (χ2n) is 8.91. The zero-order valence-electron chi connectivity index (χ0n) is 22.7. The van der Waals surface area contributed by atoms with Gasteiger partial charge in [-0.2, -0.15) is 0 Å². The van der Waals surface area contributed by atoms with Crippen molar-refractivity contribution in [2.24, 2.45) is 10.7 Å². The van der Waals surface area contributed by atoms with Crippen molar-refractivity contribution in [2.75, 3.05) is 65.1 Å². The van der Waals surface area contributed by atoms with Crippen molar-refractivity contribution < 1.29 is 29.6 Å². The molecule has 1 atom stereocenters. The average Bonchev–Trinajstić information content (AvgIpc) is 2.82. The Balaban J connectivity index is 0.00000192. The molecule has 0 fully saturated rings. The number of aromatic nitrogens is 2. The van der Waals surface area contributed by atoms with Crippen LogP contribution in [0.2, 0.25) is 0 Å². The van der Waals surface area contributed by atoms with Crippen LogP contribution in [0, 0.1) is 6.92 Å². The number of anilines is 2. The Hall–Kier alpha value is -2.62. The molecule has 14 heteroatoms. The van der Waals surface area contributed by atoms with E-state index in [0.717, 1.165) is 25.9 Å². The number of aliphatic hydroxyl groups is 3. The van der Waals surface area contributed by atoms with Crippen LogP contribution in [0.3, 0.4) is 0 Å². The molecule has 1 unspecified atom stereocenters. The van der Waals surface area contributed by atoms with Gasteiger partial charge in [0.2, 0.25) is 0 Å². The topological polar surface area (TPSA) is 228 Å². The van der Waals surface area contributed by atoms with E-state index in [2.05, 4.69) is 29.9 Å². The first-order valence-electron chi connectivity index (χ1n) is 12.1. The summed E-state index contributed by atoms with van der Waals surface area (Å²) in [6.07, 6.45) is 2.19. The van der Waals surface area contributed by atoms with Crippen LogP contribution >= 0.6 is 0 Å². The van der Waals surface area contributed by atoms with E-state index in [1.54, 1.807) is 20.8 Å². The number of aliphatic imine (C=N–C) groups is 1. The largest absolute Gasteiger partial charge is 0.396 e. The molecule has 1 amide bonds. The van der Waals surface area contributed by atoms with Gasteiger partial charge in [-0.3, -0.25) is 15.1 Å². The van der Waals surface area contributed by atoms with Crippen molar-refractivity contribution in [2.45, 2.75) is 58.3 Å². The second-order valence-corrected chi connectivity index (χ2v) is 8.91. The van der Waals surface area contributed by atoms with E-state index in [1.165, 1.54) is 7.11 Å². The van der Waals surface area contributed by atoms with E-state index in [-0.39, 0.29) is 36.5 Å². The Morgan fingerprint density at radius 2 is 1.81 bits per heavy atom. The van der Waals surface area contributed by atoms with Crippen LogP contribution in [-0.2, 0) is 9.47 Å². The fraction of sp³-hybridized carbons (Fsp3) is 0.739. The minimum absolute atomic E-state index is 0.0171. The number of methoxy groups -OCH3 is 1. The second kappa shape index (κ2) is 18.6. The Morgan fingerprint density at radius 3 is 2.41 bits per heavy atom. The normalized spacial score (nSPS) is 12.7. The minimum atomic E-state index is -0.958. The highest BCUT2D eigenvalue weighted by Crippen LogP contribution is 2.11. The average molecular weight is 531 g/mol. The summed E-state index contributed by atoms with van der Waals surface area (Å²) < 4.78 is 9.93. The Bertz CT molecular complexity index is 819. The first-order chi connectivity index (χ1) is 17.3. The highest BCUT2D eigenvalue weighted by Gasteiger charge is 2.15. The summed E-state index contributed by atoms with van der Waals surface area (Å²) in [6, 6.07) is 0. The number of ether oxygens (including phenoxy) is 2. The number of hydrogen-bond acceptors (Lipinski definition) is 12. The summed E-state index contributed by atoms with van der Waals surface area (Å²) >= 11 is 0. The molecule has 0 aliphatic heterocycles. The third kappa shape index (κ3) is 17.5. The van der Waals surface area contributed by atoms with Crippen LogP contribution in [0.25, 0.3) is 0 Å². The van der Waals surface area contributed by atoms with Crippen LogP contribution in [0.1, 0.15) is 55.7 Å². The maximum atomic E-state index is 12.2. The number of nitrogens with zero attached hydrogens (tertiary/aromatic N) is 4. The molecule has 0 spiro atoms. The van der Waals surface area contributed by atoms with Gasteiger partial charge in [-0.05, 0) is 60.0 Å². The third-order valence-corrected chi connectivity index (χ3v) is 4.90. The summed E-state index contributed by atoms with van der Waals surface area (Å²) in [5.41, 5.74) is 17.4. The van der Waals surface area contributed by atoms with Gasteiger partial charge < -0.3 is 46.9 Å². The predicted octanol–water partition coefficient (Wildman–Crippen LogP) is -0.783. The standard InChI is InChI=1S/C19H36N8O4.C4H10O2/c1-13-16(20)25-17(21)15(24-13)18(30)26-19(22)23-7-4-8-27(2)9-5-11-31-12-14(29)6-3-10-28;1-4(2,5)6-3/h14,28-29H,3-12H2,1-2H3,(H4,20,21,25)(H3,22,23,26,30);5H,1-3H3. The maximum Gasteiger partial charge on any atom is 0.280 e. The van der Waals surface area contributed by atoms with Gasteiger partial charge in [0.25, 0.3) is 5.91 Å². The van der Waals surface area contributed by atoms with Crippen molar-refractivity contribution in [1.82, 2.24) is 20.2 Å². The zero-order chi connectivity index (χ0) is 28.4. The zero-order valence-corrected chi connectivity index (χ0v) is 22.7. The maximum absolute atomic E-state index is 12.2. The molecule has 1 aromatic heterocycles. The first kappa shape index (κ1) is 34.4. The molecule has 1 aromatic rings. The van der Waals surface area contributed by atoms with Gasteiger partial charge in [-0.1, -0.05) is 0 Å². The lowest BCUT2D eigenvalue weighted by Crippen LogP contribution is -2.38. The quantitative estimate of drug-likeness (QED) is 0.0641. The number of amides is 1. The third-order valence-electron chi connectivity index (χ3n) is 4.90. The monoisotopic (exact) mass is 530 g/mol. The van der Waals surface area contributed by atoms with Gasteiger partial charge >= 0.3 is 0 Å². The molecule has 1 heterocycles. The molecule has 0 saturated carbocycles. The number of carbonyl (C=O) groups is 1.